The van der Waals surface area contributed by atoms with Crippen LogP contribution in [-0.2, 0) is 5.60 Å². The second-order valence-corrected chi connectivity index (χ2v) is 5.39. The van der Waals surface area contributed by atoms with Crippen LogP contribution in [0, 0.1) is 23.5 Å². The van der Waals surface area contributed by atoms with Crippen LogP contribution in [0.2, 0.25) is 0 Å². The molecule has 0 saturated heterocycles. The Hall–Kier alpha value is -0.960. The highest BCUT2D eigenvalue weighted by Gasteiger charge is 2.37. The predicted molar refractivity (Wildman–Crippen MR) is 62.4 cm³/mol. The highest BCUT2D eigenvalue weighted by Crippen LogP contribution is 2.42. The molecular weight excluding hydrogens is 222 g/mol. The van der Waals surface area contributed by atoms with E-state index in [1.165, 1.54) is 12.1 Å². The minimum atomic E-state index is -1.07. The molecule has 0 aromatic heterocycles. The average Bonchev–Trinajstić information content (AvgIpc) is 2.23. The van der Waals surface area contributed by atoms with E-state index in [4.69, 9.17) is 0 Å². The number of aliphatic hydroxyl groups is 1. The molecule has 0 aliphatic heterocycles. The number of hydrogen-bond acceptors (Lipinski definition) is 1. The van der Waals surface area contributed by atoms with E-state index >= 15 is 0 Å². The zero-order valence-corrected chi connectivity index (χ0v) is 10.2. The summed E-state index contributed by atoms with van der Waals surface area (Å²) in [7, 11) is 0. The zero-order chi connectivity index (χ0) is 12.6. The Morgan fingerprint density at radius 2 is 1.71 bits per heavy atom. The van der Waals surface area contributed by atoms with Gasteiger partial charge in [0.1, 0.15) is 11.6 Å². The monoisotopic (exact) mass is 240 g/mol. The summed E-state index contributed by atoms with van der Waals surface area (Å²) in [4.78, 5) is 0. The van der Waals surface area contributed by atoms with Crippen LogP contribution in [0.5, 0.6) is 0 Å². The zero-order valence-electron chi connectivity index (χ0n) is 10.2. The molecule has 3 heteroatoms. The highest BCUT2D eigenvalue weighted by molar-refractivity contribution is 5.25. The minimum absolute atomic E-state index is 0.361. The van der Waals surface area contributed by atoms with E-state index in [-0.39, 0.29) is 0 Å². The molecule has 1 nitrogen and oxygen atoms in total. The van der Waals surface area contributed by atoms with Crippen molar-refractivity contribution in [3.63, 3.8) is 0 Å². The lowest BCUT2D eigenvalue weighted by atomic mass is 9.70. The summed E-state index contributed by atoms with van der Waals surface area (Å²) in [5.41, 5.74) is -0.705. The first kappa shape index (κ1) is 12.5. The lowest BCUT2D eigenvalue weighted by Crippen LogP contribution is -2.35. The van der Waals surface area contributed by atoms with Gasteiger partial charge in [-0.1, -0.05) is 13.8 Å². The molecule has 1 saturated carbocycles. The van der Waals surface area contributed by atoms with Crippen molar-refractivity contribution in [1.82, 2.24) is 0 Å². The molecule has 1 N–H and O–H groups in total. The maximum absolute atomic E-state index is 13.2. The second-order valence-electron chi connectivity index (χ2n) is 5.39. The van der Waals surface area contributed by atoms with Crippen LogP contribution in [0.25, 0.3) is 0 Å². The van der Waals surface area contributed by atoms with Crippen molar-refractivity contribution in [3.8, 4) is 0 Å². The fourth-order valence-corrected chi connectivity index (χ4v) is 2.67. The summed E-state index contributed by atoms with van der Waals surface area (Å²) in [5.74, 6) is -0.340. The maximum Gasteiger partial charge on any atom is 0.126 e. The lowest BCUT2D eigenvalue weighted by molar-refractivity contribution is -0.0340. The topological polar surface area (TPSA) is 20.2 Å². The fourth-order valence-electron chi connectivity index (χ4n) is 2.67. The third kappa shape index (κ3) is 2.49. The van der Waals surface area contributed by atoms with Crippen molar-refractivity contribution in [1.29, 1.82) is 0 Å². The molecule has 0 heterocycles. The van der Waals surface area contributed by atoms with Gasteiger partial charge in [0.2, 0.25) is 0 Å². The highest BCUT2D eigenvalue weighted by atomic mass is 19.1. The van der Waals surface area contributed by atoms with Crippen LogP contribution in [0.3, 0.4) is 0 Å². The smallest absolute Gasteiger partial charge is 0.126 e. The largest absolute Gasteiger partial charge is 0.385 e. The molecule has 1 aromatic rings. The van der Waals surface area contributed by atoms with Crippen molar-refractivity contribution in [2.75, 3.05) is 0 Å². The molecule has 0 amide bonds. The van der Waals surface area contributed by atoms with Crippen LogP contribution in [-0.4, -0.2) is 5.11 Å². The summed E-state index contributed by atoms with van der Waals surface area (Å²) in [6, 6.07) is 3.32. The predicted octanol–water partition coefficient (Wildman–Crippen LogP) is 3.61. The molecule has 17 heavy (non-hydrogen) atoms. The van der Waals surface area contributed by atoms with E-state index in [2.05, 4.69) is 13.8 Å². The Kier molecular flexibility index (Phi) is 3.21. The van der Waals surface area contributed by atoms with Crippen molar-refractivity contribution in [3.05, 3.63) is 35.4 Å². The van der Waals surface area contributed by atoms with Gasteiger partial charge < -0.3 is 5.11 Å². The van der Waals surface area contributed by atoms with Gasteiger partial charge in [0.05, 0.1) is 5.60 Å². The molecule has 3 atom stereocenters. The Balaban J connectivity index is 2.31. The number of rotatable bonds is 1. The van der Waals surface area contributed by atoms with Gasteiger partial charge in [0.15, 0.2) is 0 Å². The van der Waals surface area contributed by atoms with Crippen LogP contribution < -0.4 is 0 Å². The first-order chi connectivity index (χ1) is 7.90. The summed E-state index contributed by atoms with van der Waals surface area (Å²) in [6.45, 7) is 4.22. The first-order valence-corrected chi connectivity index (χ1v) is 6.10. The maximum atomic E-state index is 13.2. The normalized spacial score (nSPS) is 33.7. The van der Waals surface area contributed by atoms with Crippen LogP contribution >= 0.6 is 0 Å². The van der Waals surface area contributed by atoms with Crippen molar-refractivity contribution in [2.45, 2.75) is 38.7 Å². The van der Waals surface area contributed by atoms with Crippen LogP contribution in [0.4, 0.5) is 8.78 Å². The molecule has 1 aliphatic carbocycles. The SMILES string of the molecule is CC1CCC(O)(c2cc(F)cc(F)c2)CC1C. The second kappa shape index (κ2) is 4.37. The van der Waals surface area contributed by atoms with E-state index in [0.717, 1.165) is 12.5 Å². The first-order valence-electron chi connectivity index (χ1n) is 6.10. The molecule has 94 valence electrons. The van der Waals surface area contributed by atoms with Gasteiger partial charge in [-0.3, -0.25) is 0 Å². The van der Waals surface area contributed by atoms with E-state index in [0.29, 0.717) is 30.2 Å². The van der Waals surface area contributed by atoms with E-state index in [9.17, 15) is 13.9 Å². The molecule has 1 aliphatic rings. The van der Waals surface area contributed by atoms with Gasteiger partial charge in [-0.15, -0.1) is 0 Å². The van der Waals surface area contributed by atoms with Crippen molar-refractivity contribution >= 4 is 0 Å². The van der Waals surface area contributed by atoms with Crippen molar-refractivity contribution in [2.24, 2.45) is 11.8 Å². The van der Waals surface area contributed by atoms with Gasteiger partial charge in [0, 0.05) is 6.07 Å². The Bertz CT molecular complexity index is 398. The fraction of sp³-hybridized carbons (Fsp3) is 0.571. The van der Waals surface area contributed by atoms with E-state index in [1.54, 1.807) is 0 Å². The molecule has 0 spiro atoms. The molecule has 0 radical (unpaired) electrons. The third-order valence-corrected chi connectivity index (χ3v) is 4.04. The number of halogens is 2. The minimum Gasteiger partial charge on any atom is -0.385 e. The summed E-state index contributed by atoms with van der Waals surface area (Å²) in [5, 5.41) is 10.5. The third-order valence-electron chi connectivity index (χ3n) is 4.04. The molecule has 0 bridgehead atoms. The molecule has 3 unspecified atom stereocenters. The van der Waals surface area contributed by atoms with E-state index < -0.39 is 17.2 Å². The van der Waals surface area contributed by atoms with Crippen molar-refractivity contribution < 1.29 is 13.9 Å². The van der Waals surface area contributed by atoms with Crippen LogP contribution in [0.1, 0.15) is 38.7 Å². The Labute approximate surface area is 100 Å². The van der Waals surface area contributed by atoms with Gasteiger partial charge in [-0.2, -0.15) is 0 Å². The Morgan fingerprint density at radius 1 is 1.12 bits per heavy atom. The summed E-state index contributed by atoms with van der Waals surface area (Å²) in [6.07, 6.45) is 2.02. The Morgan fingerprint density at radius 3 is 2.24 bits per heavy atom. The lowest BCUT2D eigenvalue weighted by Gasteiger charge is -2.39. The van der Waals surface area contributed by atoms with E-state index in [1.807, 2.05) is 0 Å². The van der Waals surface area contributed by atoms with Gasteiger partial charge in [0.25, 0.3) is 0 Å². The van der Waals surface area contributed by atoms with Gasteiger partial charge in [-0.05, 0) is 48.8 Å². The summed E-state index contributed by atoms with van der Waals surface area (Å²) < 4.78 is 26.4. The number of hydrogen-bond donors (Lipinski definition) is 1. The molecule has 2 rings (SSSR count). The molecular formula is C14H18F2O. The van der Waals surface area contributed by atoms with Gasteiger partial charge in [-0.25, -0.2) is 8.78 Å². The number of benzene rings is 1. The summed E-state index contributed by atoms with van der Waals surface area (Å²) >= 11 is 0. The van der Waals surface area contributed by atoms with Gasteiger partial charge >= 0.3 is 0 Å². The average molecular weight is 240 g/mol. The quantitative estimate of drug-likeness (QED) is 0.795. The van der Waals surface area contributed by atoms with Crippen LogP contribution in [0.15, 0.2) is 18.2 Å². The standard InChI is InChI=1S/C14H18F2O/c1-9-3-4-14(17,8-10(9)2)11-5-12(15)7-13(16)6-11/h5-7,9-10,17H,3-4,8H2,1-2H3. The molecule has 1 aromatic carbocycles. The molecule has 1 fully saturated rings.